The third-order valence-electron chi connectivity index (χ3n) is 3.11. The summed E-state index contributed by atoms with van der Waals surface area (Å²) < 4.78 is 24.3. The fourth-order valence-corrected chi connectivity index (χ4v) is 1.94. The first-order valence-electron chi connectivity index (χ1n) is 7.00. The first kappa shape index (κ1) is 15.8. The van der Waals surface area contributed by atoms with Crippen LogP contribution in [0.25, 0.3) is 0 Å². The van der Waals surface area contributed by atoms with Gasteiger partial charge in [-0.1, -0.05) is 25.1 Å². The van der Waals surface area contributed by atoms with Crippen LogP contribution in [0.4, 0.5) is 10.1 Å². The molecule has 0 spiro atoms. The summed E-state index contributed by atoms with van der Waals surface area (Å²) >= 11 is 0. The van der Waals surface area contributed by atoms with E-state index in [1.807, 2.05) is 6.92 Å². The van der Waals surface area contributed by atoms with Crippen LogP contribution in [0.15, 0.2) is 48.5 Å². The Kier molecular flexibility index (Phi) is 5.36. The number of rotatable bonds is 6. The minimum absolute atomic E-state index is 0.139. The molecule has 0 saturated carbocycles. The lowest BCUT2D eigenvalue weighted by Gasteiger charge is -2.18. The molecule has 2 aromatic carbocycles. The molecule has 5 heteroatoms. The van der Waals surface area contributed by atoms with Crippen LogP contribution in [0.3, 0.4) is 0 Å². The summed E-state index contributed by atoms with van der Waals surface area (Å²) in [6.45, 7) is 1.83. The van der Waals surface area contributed by atoms with Gasteiger partial charge in [0.05, 0.1) is 12.8 Å². The SMILES string of the molecule is CCC(Oc1cccc(OC)c1)C(=O)Nc1ccccc1F. The Bertz CT molecular complexity index is 645. The quantitative estimate of drug-likeness (QED) is 0.886. The molecule has 0 bridgehead atoms. The number of benzene rings is 2. The second-order valence-corrected chi connectivity index (χ2v) is 4.66. The van der Waals surface area contributed by atoms with Gasteiger partial charge in [0.25, 0.3) is 5.91 Å². The lowest BCUT2D eigenvalue weighted by molar-refractivity contribution is -0.122. The van der Waals surface area contributed by atoms with E-state index in [-0.39, 0.29) is 5.69 Å². The van der Waals surface area contributed by atoms with E-state index in [2.05, 4.69) is 5.32 Å². The molecule has 0 aliphatic heterocycles. The van der Waals surface area contributed by atoms with Gasteiger partial charge in [-0.05, 0) is 30.7 Å². The number of nitrogens with one attached hydrogen (secondary N) is 1. The van der Waals surface area contributed by atoms with Crippen molar-refractivity contribution >= 4 is 11.6 Å². The summed E-state index contributed by atoms with van der Waals surface area (Å²) in [4.78, 5) is 12.2. The zero-order chi connectivity index (χ0) is 15.9. The number of amides is 1. The Morgan fingerprint density at radius 2 is 1.91 bits per heavy atom. The van der Waals surface area contributed by atoms with Gasteiger partial charge in [0.1, 0.15) is 17.3 Å². The van der Waals surface area contributed by atoms with E-state index in [1.165, 1.54) is 12.1 Å². The molecule has 1 N–H and O–H groups in total. The molecule has 1 amide bonds. The summed E-state index contributed by atoms with van der Waals surface area (Å²) in [7, 11) is 1.56. The van der Waals surface area contributed by atoms with E-state index in [4.69, 9.17) is 9.47 Å². The number of hydrogen-bond acceptors (Lipinski definition) is 3. The molecular weight excluding hydrogens is 285 g/mol. The number of hydrogen-bond donors (Lipinski definition) is 1. The summed E-state index contributed by atoms with van der Waals surface area (Å²) in [6, 6.07) is 13.0. The van der Waals surface area contributed by atoms with Crippen molar-refractivity contribution < 1.29 is 18.7 Å². The standard InChI is InChI=1S/C17H18FNO3/c1-3-16(22-13-8-6-7-12(11-13)21-2)17(20)19-15-10-5-4-9-14(15)18/h4-11,16H,3H2,1-2H3,(H,19,20). The maximum Gasteiger partial charge on any atom is 0.265 e. The van der Waals surface area contributed by atoms with E-state index in [0.29, 0.717) is 17.9 Å². The van der Waals surface area contributed by atoms with Crippen LogP contribution in [0, 0.1) is 5.82 Å². The number of methoxy groups -OCH3 is 1. The van der Waals surface area contributed by atoms with Crippen molar-refractivity contribution in [2.24, 2.45) is 0 Å². The van der Waals surface area contributed by atoms with Gasteiger partial charge in [-0.3, -0.25) is 4.79 Å². The Hall–Kier alpha value is -2.56. The molecule has 0 aromatic heterocycles. The molecule has 116 valence electrons. The van der Waals surface area contributed by atoms with Gasteiger partial charge in [0, 0.05) is 6.07 Å². The predicted molar refractivity (Wildman–Crippen MR) is 82.7 cm³/mol. The number of ether oxygens (including phenoxy) is 2. The predicted octanol–water partition coefficient (Wildman–Crippen LogP) is 3.63. The van der Waals surface area contributed by atoms with E-state index in [9.17, 15) is 9.18 Å². The molecule has 4 nitrogen and oxygen atoms in total. The highest BCUT2D eigenvalue weighted by Gasteiger charge is 2.19. The van der Waals surface area contributed by atoms with Crippen molar-refractivity contribution in [3.8, 4) is 11.5 Å². The van der Waals surface area contributed by atoms with E-state index in [0.717, 1.165) is 0 Å². The Balaban J connectivity index is 2.07. The molecule has 0 saturated heterocycles. The van der Waals surface area contributed by atoms with E-state index < -0.39 is 17.8 Å². The van der Waals surface area contributed by atoms with Crippen molar-refractivity contribution in [1.29, 1.82) is 0 Å². The van der Waals surface area contributed by atoms with Crippen LogP contribution in [-0.4, -0.2) is 19.1 Å². The average Bonchev–Trinajstić information content (AvgIpc) is 2.54. The monoisotopic (exact) mass is 303 g/mol. The first-order chi connectivity index (χ1) is 10.6. The normalized spacial score (nSPS) is 11.6. The zero-order valence-corrected chi connectivity index (χ0v) is 12.5. The maximum atomic E-state index is 13.6. The fourth-order valence-electron chi connectivity index (χ4n) is 1.94. The van der Waals surface area contributed by atoms with Crippen molar-refractivity contribution in [3.05, 3.63) is 54.3 Å². The second-order valence-electron chi connectivity index (χ2n) is 4.66. The minimum Gasteiger partial charge on any atom is -0.497 e. The molecule has 1 atom stereocenters. The van der Waals surface area contributed by atoms with Crippen LogP contribution in [0.1, 0.15) is 13.3 Å². The van der Waals surface area contributed by atoms with Crippen molar-refractivity contribution in [2.45, 2.75) is 19.4 Å². The van der Waals surface area contributed by atoms with Crippen LogP contribution < -0.4 is 14.8 Å². The summed E-state index contributed by atoms with van der Waals surface area (Å²) in [6.07, 6.45) is -0.260. The molecular formula is C17H18FNO3. The molecule has 0 heterocycles. The number of para-hydroxylation sites is 1. The molecule has 0 fully saturated rings. The molecule has 0 aliphatic rings. The summed E-state index contributed by atoms with van der Waals surface area (Å²) in [5.41, 5.74) is 0.139. The van der Waals surface area contributed by atoms with Crippen LogP contribution in [0.2, 0.25) is 0 Å². The minimum atomic E-state index is -0.716. The van der Waals surface area contributed by atoms with Gasteiger partial charge >= 0.3 is 0 Å². The highest BCUT2D eigenvalue weighted by molar-refractivity contribution is 5.94. The van der Waals surface area contributed by atoms with Gasteiger partial charge in [-0.15, -0.1) is 0 Å². The van der Waals surface area contributed by atoms with E-state index >= 15 is 0 Å². The molecule has 0 radical (unpaired) electrons. The topological polar surface area (TPSA) is 47.6 Å². The molecule has 1 unspecified atom stereocenters. The largest absolute Gasteiger partial charge is 0.497 e. The number of halogens is 1. The molecule has 22 heavy (non-hydrogen) atoms. The number of carbonyl (C=O) groups is 1. The number of anilines is 1. The van der Waals surface area contributed by atoms with Gasteiger partial charge in [0.15, 0.2) is 6.10 Å². The Morgan fingerprint density at radius 1 is 1.18 bits per heavy atom. The van der Waals surface area contributed by atoms with Crippen LogP contribution in [-0.2, 0) is 4.79 Å². The van der Waals surface area contributed by atoms with Gasteiger partial charge in [-0.2, -0.15) is 0 Å². The fraction of sp³-hybridized carbons (Fsp3) is 0.235. The lowest BCUT2D eigenvalue weighted by atomic mass is 10.2. The molecule has 2 aromatic rings. The van der Waals surface area contributed by atoms with Crippen molar-refractivity contribution in [1.82, 2.24) is 0 Å². The van der Waals surface area contributed by atoms with Gasteiger partial charge < -0.3 is 14.8 Å². The van der Waals surface area contributed by atoms with Crippen molar-refractivity contribution in [3.63, 3.8) is 0 Å². The van der Waals surface area contributed by atoms with Gasteiger partial charge in [0.2, 0.25) is 0 Å². The van der Waals surface area contributed by atoms with E-state index in [1.54, 1.807) is 43.5 Å². The lowest BCUT2D eigenvalue weighted by Crippen LogP contribution is -2.32. The Labute approximate surface area is 128 Å². The first-order valence-corrected chi connectivity index (χ1v) is 7.00. The smallest absolute Gasteiger partial charge is 0.265 e. The molecule has 2 rings (SSSR count). The van der Waals surface area contributed by atoms with Gasteiger partial charge in [-0.25, -0.2) is 4.39 Å². The number of carbonyl (C=O) groups excluding carboxylic acids is 1. The highest BCUT2D eigenvalue weighted by atomic mass is 19.1. The van der Waals surface area contributed by atoms with Crippen molar-refractivity contribution in [2.75, 3.05) is 12.4 Å². The third-order valence-corrected chi connectivity index (χ3v) is 3.11. The Morgan fingerprint density at radius 3 is 2.59 bits per heavy atom. The third kappa shape index (κ3) is 3.97. The van der Waals surface area contributed by atoms with Crippen LogP contribution in [0.5, 0.6) is 11.5 Å². The summed E-state index contributed by atoms with van der Waals surface area (Å²) in [5, 5.41) is 2.54. The second kappa shape index (κ2) is 7.45. The highest BCUT2D eigenvalue weighted by Crippen LogP contribution is 2.21. The average molecular weight is 303 g/mol. The summed E-state index contributed by atoms with van der Waals surface area (Å²) in [5.74, 6) is 0.291. The van der Waals surface area contributed by atoms with Crippen LogP contribution >= 0.6 is 0 Å². The zero-order valence-electron chi connectivity index (χ0n) is 12.5. The molecule has 0 aliphatic carbocycles. The maximum absolute atomic E-state index is 13.6.